The number of nitrogens with one attached hydrogen (secondary N) is 1. The van der Waals surface area contributed by atoms with Crippen LogP contribution in [0.2, 0.25) is 0 Å². The summed E-state index contributed by atoms with van der Waals surface area (Å²) in [5, 5.41) is 7.33. The monoisotopic (exact) mass is 239 g/mol. The fourth-order valence-electron chi connectivity index (χ4n) is 2.25. The number of aromatic nitrogens is 2. The Kier molecular flexibility index (Phi) is 2.85. The van der Waals surface area contributed by atoms with Gasteiger partial charge in [0.2, 0.25) is 11.7 Å². The van der Waals surface area contributed by atoms with Crippen molar-refractivity contribution in [2.75, 3.05) is 32.9 Å². The van der Waals surface area contributed by atoms with E-state index < -0.39 is 0 Å². The van der Waals surface area contributed by atoms with Crippen LogP contribution in [-0.2, 0) is 14.9 Å². The van der Waals surface area contributed by atoms with E-state index in [4.69, 9.17) is 14.0 Å². The van der Waals surface area contributed by atoms with E-state index in [1.165, 1.54) is 0 Å². The molecule has 6 nitrogen and oxygen atoms in total. The molecule has 2 fully saturated rings. The molecule has 2 aliphatic rings. The number of ether oxygens (including phenoxy) is 2. The van der Waals surface area contributed by atoms with Crippen LogP contribution in [0.15, 0.2) is 4.52 Å². The topological polar surface area (TPSA) is 69.4 Å². The molecule has 1 aromatic rings. The predicted molar refractivity (Wildman–Crippen MR) is 58.6 cm³/mol. The molecule has 0 aliphatic carbocycles. The lowest BCUT2D eigenvalue weighted by Crippen LogP contribution is -2.26. The van der Waals surface area contributed by atoms with Gasteiger partial charge in [-0.1, -0.05) is 5.16 Å². The smallest absolute Gasteiger partial charge is 0.234 e. The molecule has 0 spiro atoms. The molecule has 94 valence electrons. The molecule has 6 heteroatoms. The zero-order valence-corrected chi connectivity index (χ0v) is 9.94. The van der Waals surface area contributed by atoms with Crippen LogP contribution < -0.4 is 5.32 Å². The second kappa shape index (κ2) is 4.36. The molecule has 2 atom stereocenters. The van der Waals surface area contributed by atoms with Crippen LogP contribution in [-0.4, -0.2) is 43.1 Å². The summed E-state index contributed by atoms with van der Waals surface area (Å²) in [5.74, 6) is 1.31. The molecule has 2 saturated heterocycles. The first-order valence-electron chi connectivity index (χ1n) is 6.02. The van der Waals surface area contributed by atoms with E-state index in [0.717, 1.165) is 19.5 Å². The van der Waals surface area contributed by atoms with Gasteiger partial charge in [-0.05, 0) is 19.9 Å². The third kappa shape index (κ3) is 2.08. The summed E-state index contributed by atoms with van der Waals surface area (Å²) in [6, 6.07) is 0. The minimum absolute atomic E-state index is 0.0409. The van der Waals surface area contributed by atoms with E-state index in [9.17, 15) is 0 Å². The van der Waals surface area contributed by atoms with E-state index in [2.05, 4.69) is 22.4 Å². The van der Waals surface area contributed by atoms with E-state index in [-0.39, 0.29) is 11.5 Å². The third-order valence-electron chi connectivity index (χ3n) is 3.43. The largest absolute Gasteiger partial charge is 0.376 e. The average Bonchev–Trinajstić information content (AvgIpc) is 2.99. The van der Waals surface area contributed by atoms with Crippen LogP contribution in [0.4, 0.5) is 0 Å². The van der Waals surface area contributed by atoms with E-state index in [1.54, 1.807) is 0 Å². The molecule has 0 aromatic carbocycles. The van der Waals surface area contributed by atoms with Gasteiger partial charge in [0.25, 0.3) is 0 Å². The Labute approximate surface area is 99.7 Å². The summed E-state index contributed by atoms with van der Waals surface area (Å²) < 4.78 is 16.3. The van der Waals surface area contributed by atoms with Crippen LogP contribution in [0.1, 0.15) is 31.2 Å². The Bertz CT molecular complexity index is 381. The van der Waals surface area contributed by atoms with Gasteiger partial charge in [-0.2, -0.15) is 4.98 Å². The quantitative estimate of drug-likeness (QED) is 0.806. The highest BCUT2D eigenvalue weighted by molar-refractivity contribution is 5.08. The number of nitrogens with zero attached hydrogens (tertiary/aromatic N) is 2. The van der Waals surface area contributed by atoms with Gasteiger partial charge in [-0.25, -0.2) is 0 Å². The maximum Gasteiger partial charge on any atom is 0.234 e. The Morgan fingerprint density at radius 3 is 3.06 bits per heavy atom. The molecule has 0 radical (unpaired) electrons. The molecule has 3 rings (SSSR count). The second-order valence-electron chi connectivity index (χ2n) is 4.88. The Morgan fingerprint density at radius 1 is 1.41 bits per heavy atom. The summed E-state index contributed by atoms with van der Waals surface area (Å²) in [4.78, 5) is 4.46. The van der Waals surface area contributed by atoms with Crippen molar-refractivity contribution >= 4 is 0 Å². The van der Waals surface area contributed by atoms with Gasteiger partial charge in [-0.3, -0.25) is 0 Å². The van der Waals surface area contributed by atoms with Crippen molar-refractivity contribution in [1.82, 2.24) is 15.5 Å². The summed E-state index contributed by atoms with van der Waals surface area (Å²) >= 11 is 0. The van der Waals surface area contributed by atoms with Crippen LogP contribution in [0.5, 0.6) is 0 Å². The van der Waals surface area contributed by atoms with Crippen LogP contribution in [0.25, 0.3) is 0 Å². The Morgan fingerprint density at radius 2 is 2.35 bits per heavy atom. The molecule has 1 aromatic heterocycles. The van der Waals surface area contributed by atoms with Gasteiger partial charge < -0.3 is 19.3 Å². The standard InChI is InChI=1S/C11H17N3O3/c1-11(2-3-12-7-11)10-13-9(14-17-10)8-6-15-4-5-16-8/h8,12H,2-7H2,1H3. The fourth-order valence-corrected chi connectivity index (χ4v) is 2.25. The molecule has 0 saturated carbocycles. The zero-order chi connectivity index (χ0) is 11.7. The number of rotatable bonds is 2. The van der Waals surface area contributed by atoms with Gasteiger partial charge >= 0.3 is 0 Å². The zero-order valence-electron chi connectivity index (χ0n) is 9.94. The van der Waals surface area contributed by atoms with Gasteiger partial charge in [0.05, 0.1) is 25.2 Å². The molecular formula is C11H17N3O3. The van der Waals surface area contributed by atoms with Crippen LogP contribution in [0.3, 0.4) is 0 Å². The van der Waals surface area contributed by atoms with E-state index in [1.807, 2.05) is 0 Å². The lowest BCUT2D eigenvalue weighted by molar-refractivity contribution is -0.0941. The van der Waals surface area contributed by atoms with Crippen molar-refractivity contribution in [3.63, 3.8) is 0 Å². The van der Waals surface area contributed by atoms with Crippen molar-refractivity contribution in [3.8, 4) is 0 Å². The third-order valence-corrected chi connectivity index (χ3v) is 3.43. The highest BCUT2D eigenvalue weighted by Crippen LogP contribution is 2.30. The van der Waals surface area contributed by atoms with Crippen molar-refractivity contribution in [1.29, 1.82) is 0 Å². The summed E-state index contributed by atoms with van der Waals surface area (Å²) in [7, 11) is 0. The Hall–Kier alpha value is -0.980. The molecular weight excluding hydrogens is 222 g/mol. The molecule has 0 amide bonds. The Balaban J connectivity index is 1.77. The highest BCUT2D eigenvalue weighted by atomic mass is 16.6. The first-order valence-corrected chi connectivity index (χ1v) is 6.02. The summed E-state index contributed by atoms with van der Waals surface area (Å²) in [5.41, 5.74) is -0.0409. The fraction of sp³-hybridized carbons (Fsp3) is 0.818. The highest BCUT2D eigenvalue weighted by Gasteiger charge is 2.37. The van der Waals surface area contributed by atoms with Crippen LogP contribution in [0, 0.1) is 0 Å². The molecule has 3 heterocycles. The van der Waals surface area contributed by atoms with Crippen molar-refractivity contribution in [3.05, 3.63) is 11.7 Å². The van der Waals surface area contributed by atoms with E-state index >= 15 is 0 Å². The first kappa shape index (κ1) is 11.1. The maximum absolute atomic E-state index is 5.55. The lowest BCUT2D eigenvalue weighted by Gasteiger charge is -2.20. The molecule has 17 heavy (non-hydrogen) atoms. The maximum atomic E-state index is 5.55. The molecule has 2 unspecified atom stereocenters. The molecule has 0 bridgehead atoms. The number of hydrogen-bond donors (Lipinski definition) is 1. The van der Waals surface area contributed by atoms with Gasteiger partial charge in [0, 0.05) is 6.54 Å². The molecule has 2 aliphatic heterocycles. The second-order valence-corrected chi connectivity index (χ2v) is 4.88. The van der Waals surface area contributed by atoms with Crippen molar-refractivity contribution in [2.45, 2.75) is 24.9 Å². The normalized spacial score (nSPS) is 34.1. The molecule has 1 N–H and O–H groups in total. The van der Waals surface area contributed by atoms with E-state index in [0.29, 0.717) is 31.5 Å². The summed E-state index contributed by atoms with van der Waals surface area (Å²) in [6.45, 7) is 5.76. The van der Waals surface area contributed by atoms with Gasteiger partial charge in [0.1, 0.15) is 6.10 Å². The predicted octanol–water partition coefficient (Wildman–Crippen LogP) is 0.409. The number of hydrogen-bond acceptors (Lipinski definition) is 6. The van der Waals surface area contributed by atoms with Gasteiger partial charge in [0.15, 0.2) is 0 Å². The van der Waals surface area contributed by atoms with Gasteiger partial charge in [-0.15, -0.1) is 0 Å². The average molecular weight is 239 g/mol. The first-order chi connectivity index (χ1) is 8.28. The van der Waals surface area contributed by atoms with Crippen LogP contribution >= 0.6 is 0 Å². The minimum atomic E-state index is -0.181. The SMILES string of the molecule is CC1(c2nc(C3COCCO3)no2)CCNC1. The minimum Gasteiger partial charge on any atom is -0.376 e. The lowest BCUT2D eigenvalue weighted by atomic mass is 9.90. The summed E-state index contributed by atoms with van der Waals surface area (Å²) in [6.07, 6.45) is 0.843. The van der Waals surface area contributed by atoms with Crippen molar-refractivity contribution < 1.29 is 14.0 Å². The van der Waals surface area contributed by atoms with Crippen molar-refractivity contribution in [2.24, 2.45) is 0 Å².